The molecule has 2 N–H and O–H groups in total. The van der Waals surface area contributed by atoms with Crippen molar-refractivity contribution in [2.75, 3.05) is 4.90 Å². The molecular formula is C20H19N3O4. The standard InChI is InChI=1S/C20H19N3O4/c1-13(24)11-20(26)15-9-5-6-10-16(15)23(19(20)25)12-17-21-22-18(27-17)14-7-3-2-4-8-14/h2-10,13,24,26H,11-12H2,1H3/t13-,20-/m1/s1. The Bertz CT molecular complexity index is 970. The van der Waals surface area contributed by atoms with Crippen LogP contribution in [0.25, 0.3) is 11.5 Å². The molecule has 0 fully saturated rings. The molecule has 2 heterocycles. The molecule has 1 aromatic heterocycles. The van der Waals surface area contributed by atoms with Gasteiger partial charge in [-0.1, -0.05) is 36.4 Å². The Balaban J connectivity index is 1.65. The molecule has 7 nitrogen and oxygen atoms in total. The minimum Gasteiger partial charge on any atom is -0.419 e. The van der Waals surface area contributed by atoms with Crippen molar-refractivity contribution < 1.29 is 19.4 Å². The summed E-state index contributed by atoms with van der Waals surface area (Å²) in [6, 6.07) is 16.3. The summed E-state index contributed by atoms with van der Waals surface area (Å²) < 4.78 is 5.70. The zero-order valence-corrected chi connectivity index (χ0v) is 14.7. The van der Waals surface area contributed by atoms with Crippen LogP contribution in [-0.4, -0.2) is 32.4 Å². The van der Waals surface area contributed by atoms with Crippen LogP contribution in [0.15, 0.2) is 59.0 Å². The number of hydrogen-bond acceptors (Lipinski definition) is 6. The average Bonchev–Trinajstić information content (AvgIpc) is 3.21. The van der Waals surface area contributed by atoms with Crippen molar-refractivity contribution in [3.05, 3.63) is 66.1 Å². The highest BCUT2D eigenvalue weighted by Crippen LogP contribution is 2.43. The van der Waals surface area contributed by atoms with Crippen molar-refractivity contribution in [3.63, 3.8) is 0 Å². The summed E-state index contributed by atoms with van der Waals surface area (Å²) >= 11 is 0. The number of hydrogen-bond donors (Lipinski definition) is 2. The highest BCUT2D eigenvalue weighted by molar-refractivity contribution is 6.06. The number of para-hydroxylation sites is 1. The van der Waals surface area contributed by atoms with Gasteiger partial charge in [-0.25, -0.2) is 0 Å². The Kier molecular flexibility index (Phi) is 4.25. The molecule has 0 unspecified atom stereocenters. The van der Waals surface area contributed by atoms with E-state index in [4.69, 9.17) is 4.42 Å². The summed E-state index contributed by atoms with van der Waals surface area (Å²) in [5.41, 5.74) is 0.0614. The summed E-state index contributed by atoms with van der Waals surface area (Å²) in [6.07, 6.45) is -0.918. The minimum atomic E-state index is -1.77. The molecule has 0 aliphatic carbocycles. The molecule has 4 rings (SSSR count). The molecule has 0 spiro atoms. The number of benzene rings is 2. The number of aliphatic hydroxyl groups is 2. The molecule has 1 amide bonds. The first-order valence-corrected chi connectivity index (χ1v) is 8.69. The second-order valence-corrected chi connectivity index (χ2v) is 6.69. The van der Waals surface area contributed by atoms with Crippen molar-refractivity contribution in [3.8, 4) is 11.5 Å². The van der Waals surface area contributed by atoms with Gasteiger partial charge in [0.25, 0.3) is 5.91 Å². The van der Waals surface area contributed by atoms with E-state index in [-0.39, 0.29) is 18.9 Å². The zero-order valence-electron chi connectivity index (χ0n) is 14.7. The maximum absolute atomic E-state index is 13.0. The van der Waals surface area contributed by atoms with Crippen molar-refractivity contribution in [2.45, 2.75) is 31.6 Å². The van der Waals surface area contributed by atoms with Crippen LogP contribution in [0.1, 0.15) is 24.8 Å². The molecule has 2 atom stereocenters. The van der Waals surface area contributed by atoms with Gasteiger partial charge in [0.2, 0.25) is 11.8 Å². The number of fused-ring (bicyclic) bond motifs is 1. The van der Waals surface area contributed by atoms with Gasteiger partial charge in [0, 0.05) is 17.5 Å². The van der Waals surface area contributed by atoms with Crippen molar-refractivity contribution >= 4 is 11.6 Å². The van der Waals surface area contributed by atoms with Crippen LogP contribution in [0.5, 0.6) is 0 Å². The number of nitrogens with zero attached hydrogens (tertiary/aromatic N) is 3. The predicted molar refractivity (Wildman–Crippen MR) is 97.6 cm³/mol. The molecule has 2 aromatic carbocycles. The smallest absolute Gasteiger partial charge is 0.264 e. The van der Waals surface area contributed by atoms with Crippen LogP contribution in [0.4, 0.5) is 5.69 Å². The first kappa shape index (κ1) is 17.4. The fraction of sp³-hybridized carbons (Fsp3) is 0.250. The van der Waals surface area contributed by atoms with Crippen molar-refractivity contribution in [1.29, 1.82) is 0 Å². The lowest BCUT2D eigenvalue weighted by Gasteiger charge is -2.23. The number of aliphatic hydroxyl groups excluding tert-OH is 1. The Morgan fingerprint density at radius 3 is 2.56 bits per heavy atom. The SMILES string of the molecule is C[C@@H](O)C[C@]1(O)C(=O)N(Cc2nnc(-c3ccccc3)o2)c2ccccc21. The van der Waals surface area contributed by atoms with Crippen molar-refractivity contribution in [1.82, 2.24) is 10.2 Å². The molecule has 1 aliphatic heterocycles. The average molecular weight is 365 g/mol. The largest absolute Gasteiger partial charge is 0.419 e. The fourth-order valence-corrected chi connectivity index (χ4v) is 3.44. The molecule has 7 heteroatoms. The molecule has 0 radical (unpaired) electrons. The number of rotatable bonds is 5. The highest BCUT2D eigenvalue weighted by atomic mass is 16.4. The van der Waals surface area contributed by atoms with E-state index in [1.54, 1.807) is 31.2 Å². The van der Waals surface area contributed by atoms with Gasteiger partial charge in [0.05, 0.1) is 11.8 Å². The number of aromatic nitrogens is 2. The van der Waals surface area contributed by atoms with E-state index in [0.717, 1.165) is 5.56 Å². The summed E-state index contributed by atoms with van der Waals surface area (Å²) in [7, 11) is 0. The van der Waals surface area contributed by atoms with E-state index in [2.05, 4.69) is 10.2 Å². The van der Waals surface area contributed by atoms with E-state index in [0.29, 0.717) is 17.1 Å². The quantitative estimate of drug-likeness (QED) is 0.719. The number of carbonyl (C=O) groups is 1. The number of anilines is 1. The Morgan fingerprint density at radius 2 is 1.81 bits per heavy atom. The monoisotopic (exact) mass is 365 g/mol. The van der Waals surface area contributed by atoms with Crippen LogP contribution < -0.4 is 4.90 Å². The van der Waals surface area contributed by atoms with E-state index in [1.165, 1.54) is 4.90 Å². The Labute approximate surface area is 155 Å². The third kappa shape index (κ3) is 3.01. The van der Waals surface area contributed by atoms with Gasteiger partial charge in [-0.3, -0.25) is 9.69 Å². The first-order chi connectivity index (χ1) is 13.0. The van der Waals surface area contributed by atoms with Gasteiger partial charge in [-0.2, -0.15) is 0 Å². The van der Waals surface area contributed by atoms with Gasteiger partial charge in [-0.15, -0.1) is 10.2 Å². The van der Waals surface area contributed by atoms with Crippen LogP contribution in [0.2, 0.25) is 0 Å². The molecular weight excluding hydrogens is 346 g/mol. The van der Waals surface area contributed by atoms with Gasteiger partial charge < -0.3 is 14.6 Å². The summed E-state index contributed by atoms with van der Waals surface area (Å²) in [4.78, 5) is 14.4. The highest BCUT2D eigenvalue weighted by Gasteiger charge is 2.50. The van der Waals surface area contributed by atoms with E-state index >= 15 is 0 Å². The molecule has 1 aliphatic rings. The summed E-state index contributed by atoms with van der Waals surface area (Å²) in [6.45, 7) is 1.58. The van der Waals surface area contributed by atoms with E-state index in [9.17, 15) is 15.0 Å². The fourth-order valence-electron chi connectivity index (χ4n) is 3.44. The summed E-state index contributed by atoms with van der Waals surface area (Å²) in [5, 5.41) is 28.8. The van der Waals surface area contributed by atoms with E-state index < -0.39 is 17.6 Å². The normalized spacial score (nSPS) is 20.0. The summed E-state index contributed by atoms with van der Waals surface area (Å²) in [5.74, 6) is 0.118. The second kappa shape index (κ2) is 6.61. The molecule has 3 aromatic rings. The maximum Gasteiger partial charge on any atom is 0.264 e. The maximum atomic E-state index is 13.0. The molecule has 0 saturated heterocycles. The molecule has 27 heavy (non-hydrogen) atoms. The van der Waals surface area contributed by atoms with Gasteiger partial charge in [0.1, 0.15) is 6.54 Å². The molecule has 0 bridgehead atoms. The Morgan fingerprint density at radius 1 is 1.11 bits per heavy atom. The second-order valence-electron chi connectivity index (χ2n) is 6.69. The number of carbonyl (C=O) groups excluding carboxylic acids is 1. The van der Waals surface area contributed by atoms with Gasteiger partial charge in [-0.05, 0) is 25.1 Å². The zero-order chi connectivity index (χ0) is 19.0. The van der Waals surface area contributed by atoms with Crippen LogP contribution in [0, 0.1) is 0 Å². The number of amides is 1. The van der Waals surface area contributed by atoms with E-state index in [1.807, 2.05) is 30.3 Å². The molecule has 0 saturated carbocycles. The topological polar surface area (TPSA) is 99.7 Å². The van der Waals surface area contributed by atoms with Gasteiger partial charge in [0.15, 0.2) is 5.60 Å². The lowest BCUT2D eigenvalue weighted by atomic mass is 9.90. The minimum absolute atomic E-state index is 0.0395. The lowest BCUT2D eigenvalue weighted by molar-refractivity contribution is -0.139. The van der Waals surface area contributed by atoms with Crippen LogP contribution in [-0.2, 0) is 16.9 Å². The molecule has 138 valence electrons. The third-order valence-electron chi connectivity index (χ3n) is 4.61. The first-order valence-electron chi connectivity index (χ1n) is 8.69. The Hall–Kier alpha value is -3.03. The van der Waals surface area contributed by atoms with Crippen LogP contribution in [0.3, 0.4) is 0 Å². The predicted octanol–water partition coefficient (Wildman–Crippen LogP) is 2.24. The third-order valence-corrected chi connectivity index (χ3v) is 4.61. The van der Waals surface area contributed by atoms with Crippen LogP contribution >= 0.6 is 0 Å². The lowest BCUT2D eigenvalue weighted by Crippen LogP contribution is -2.42. The van der Waals surface area contributed by atoms with Crippen molar-refractivity contribution in [2.24, 2.45) is 0 Å². The van der Waals surface area contributed by atoms with Gasteiger partial charge >= 0.3 is 0 Å².